The molecule has 0 bridgehead atoms. The third-order valence-corrected chi connectivity index (χ3v) is 3.30. The predicted octanol–water partition coefficient (Wildman–Crippen LogP) is 2.19. The highest BCUT2D eigenvalue weighted by atomic mass is 15.5. The Balaban J connectivity index is 1.90. The number of aromatic nitrogens is 1. The number of nitrogens with zero attached hydrogens (tertiary/aromatic N) is 3. The molecule has 0 saturated heterocycles. The van der Waals surface area contributed by atoms with Gasteiger partial charge in [-0.15, -0.1) is 0 Å². The summed E-state index contributed by atoms with van der Waals surface area (Å²) in [6.45, 7) is 3.88. The standard InChI is InChI=1S/C15H18N4/c1-12-8-14(10-16-9-12)15-13(4-2-5-17-15)11-19-7-3-6-18-19/h3,6,8-11,18H,2,4-5,7H2,1H3. The molecule has 98 valence electrons. The van der Waals surface area contributed by atoms with Crippen LogP contribution in [0.15, 0.2) is 47.5 Å². The van der Waals surface area contributed by atoms with Gasteiger partial charge in [-0.25, -0.2) is 0 Å². The summed E-state index contributed by atoms with van der Waals surface area (Å²) < 4.78 is 0. The summed E-state index contributed by atoms with van der Waals surface area (Å²) in [6, 6.07) is 2.15. The van der Waals surface area contributed by atoms with Crippen LogP contribution in [0.4, 0.5) is 0 Å². The minimum atomic E-state index is 0.906. The van der Waals surface area contributed by atoms with Gasteiger partial charge < -0.3 is 5.43 Å². The first kappa shape index (κ1) is 12.0. The van der Waals surface area contributed by atoms with Crippen LogP contribution < -0.4 is 5.43 Å². The number of aryl methyl sites for hydroxylation is 1. The molecule has 19 heavy (non-hydrogen) atoms. The first-order valence-electron chi connectivity index (χ1n) is 6.68. The summed E-state index contributed by atoms with van der Waals surface area (Å²) in [5.41, 5.74) is 7.87. The van der Waals surface area contributed by atoms with Gasteiger partial charge in [0.05, 0.1) is 12.3 Å². The van der Waals surface area contributed by atoms with Crippen LogP contribution in [0.3, 0.4) is 0 Å². The largest absolute Gasteiger partial charge is 0.306 e. The van der Waals surface area contributed by atoms with Crippen molar-refractivity contribution in [2.45, 2.75) is 19.8 Å². The van der Waals surface area contributed by atoms with Gasteiger partial charge in [0, 0.05) is 36.9 Å². The number of aliphatic imine (C=N–C) groups is 1. The Morgan fingerprint density at radius 2 is 2.32 bits per heavy atom. The van der Waals surface area contributed by atoms with Crippen molar-refractivity contribution in [1.82, 2.24) is 15.4 Å². The summed E-state index contributed by atoms with van der Waals surface area (Å²) in [5, 5.41) is 2.08. The number of hydrazine groups is 1. The fourth-order valence-electron chi connectivity index (χ4n) is 2.41. The lowest BCUT2D eigenvalue weighted by atomic mass is 9.97. The highest BCUT2D eigenvalue weighted by Gasteiger charge is 2.16. The van der Waals surface area contributed by atoms with Crippen molar-refractivity contribution < 1.29 is 0 Å². The number of nitrogens with one attached hydrogen (secondary N) is 1. The van der Waals surface area contributed by atoms with Crippen molar-refractivity contribution >= 4 is 5.71 Å². The number of pyridine rings is 1. The molecule has 0 saturated carbocycles. The van der Waals surface area contributed by atoms with E-state index in [1.165, 1.54) is 11.1 Å². The Morgan fingerprint density at radius 3 is 3.11 bits per heavy atom. The summed E-state index contributed by atoms with van der Waals surface area (Å²) in [4.78, 5) is 8.97. The molecule has 0 aromatic carbocycles. The van der Waals surface area contributed by atoms with Gasteiger partial charge in [-0.05, 0) is 43.0 Å². The van der Waals surface area contributed by atoms with Crippen LogP contribution in [0.1, 0.15) is 24.0 Å². The molecule has 0 radical (unpaired) electrons. The molecule has 0 spiro atoms. The number of allylic oxidation sites excluding steroid dienone is 1. The molecule has 2 aliphatic rings. The molecule has 0 atom stereocenters. The second-order valence-corrected chi connectivity index (χ2v) is 4.92. The summed E-state index contributed by atoms with van der Waals surface area (Å²) in [6.07, 6.45) is 12.2. The topological polar surface area (TPSA) is 40.5 Å². The Labute approximate surface area is 113 Å². The lowest BCUT2D eigenvalue weighted by Crippen LogP contribution is -2.26. The smallest absolute Gasteiger partial charge is 0.0709 e. The first-order chi connectivity index (χ1) is 9.33. The van der Waals surface area contributed by atoms with Gasteiger partial charge in [0.2, 0.25) is 0 Å². The minimum absolute atomic E-state index is 0.906. The van der Waals surface area contributed by atoms with E-state index >= 15 is 0 Å². The Hall–Kier alpha value is -2.10. The Kier molecular flexibility index (Phi) is 3.31. The SMILES string of the molecule is Cc1cncc(C2=NCCCC2=CN2CC=CN2)c1. The van der Waals surface area contributed by atoms with Crippen molar-refractivity contribution in [3.05, 3.63) is 53.6 Å². The molecule has 4 nitrogen and oxygen atoms in total. The molecule has 0 aliphatic carbocycles. The third kappa shape index (κ3) is 2.67. The fourth-order valence-corrected chi connectivity index (χ4v) is 2.41. The molecule has 1 N–H and O–H groups in total. The molecule has 4 heteroatoms. The number of hydrogen-bond acceptors (Lipinski definition) is 4. The molecule has 1 aromatic rings. The normalized spacial score (nSPS) is 20.6. The van der Waals surface area contributed by atoms with E-state index < -0.39 is 0 Å². The first-order valence-corrected chi connectivity index (χ1v) is 6.68. The lowest BCUT2D eigenvalue weighted by Gasteiger charge is -2.20. The summed E-state index contributed by atoms with van der Waals surface area (Å²) in [5.74, 6) is 0. The maximum atomic E-state index is 4.70. The minimum Gasteiger partial charge on any atom is -0.306 e. The number of hydrogen-bond donors (Lipinski definition) is 1. The van der Waals surface area contributed by atoms with Gasteiger partial charge in [-0.1, -0.05) is 0 Å². The van der Waals surface area contributed by atoms with Gasteiger partial charge in [-0.3, -0.25) is 15.0 Å². The zero-order chi connectivity index (χ0) is 13.1. The molecule has 0 amide bonds. The van der Waals surface area contributed by atoms with Crippen LogP contribution in [0.2, 0.25) is 0 Å². The van der Waals surface area contributed by atoms with Crippen LogP contribution in [0.25, 0.3) is 0 Å². The van der Waals surface area contributed by atoms with Crippen molar-refractivity contribution in [2.24, 2.45) is 4.99 Å². The third-order valence-electron chi connectivity index (χ3n) is 3.30. The summed E-state index contributed by atoms with van der Waals surface area (Å²) >= 11 is 0. The molecule has 0 fully saturated rings. The zero-order valence-corrected chi connectivity index (χ0v) is 11.1. The van der Waals surface area contributed by atoms with E-state index in [1.807, 2.05) is 18.6 Å². The average molecular weight is 254 g/mol. The molecule has 0 unspecified atom stereocenters. The molecule has 3 rings (SSSR count). The molecular weight excluding hydrogens is 236 g/mol. The van der Waals surface area contributed by atoms with Crippen LogP contribution in [0, 0.1) is 6.92 Å². The number of rotatable bonds is 2. The van der Waals surface area contributed by atoms with Crippen molar-refractivity contribution in [2.75, 3.05) is 13.1 Å². The van der Waals surface area contributed by atoms with E-state index in [4.69, 9.17) is 4.99 Å². The average Bonchev–Trinajstić information content (AvgIpc) is 2.92. The van der Waals surface area contributed by atoms with E-state index in [9.17, 15) is 0 Å². The van der Waals surface area contributed by atoms with Gasteiger partial charge in [0.25, 0.3) is 0 Å². The second-order valence-electron chi connectivity index (χ2n) is 4.92. The van der Waals surface area contributed by atoms with E-state index in [0.717, 1.165) is 37.2 Å². The van der Waals surface area contributed by atoms with Gasteiger partial charge in [-0.2, -0.15) is 0 Å². The highest BCUT2D eigenvalue weighted by molar-refractivity contribution is 6.12. The lowest BCUT2D eigenvalue weighted by molar-refractivity contribution is 0.373. The van der Waals surface area contributed by atoms with Gasteiger partial charge in [0.1, 0.15) is 0 Å². The maximum absolute atomic E-state index is 4.70. The molecule has 1 aromatic heterocycles. The van der Waals surface area contributed by atoms with E-state index in [2.05, 4.69) is 40.7 Å². The monoisotopic (exact) mass is 254 g/mol. The van der Waals surface area contributed by atoms with Gasteiger partial charge in [0.15, 0.2) is 0 Å². The molecule has 3 heterocycles. The van der Waals surface area contributed by atoms with Crippen LogP contribution in [0.5, 0.6) is 0 Å². The second kappa shape index (κ2) is 5.26. The predicted molar refractivity (Wildman–Crippen MR) is 76.7 cm³/mol. The summed E-state index contributed by atoms with van der Waals surface area (Å²) in [7, 11) is 0. The maximum Gasteiger partial charge on any atom is 0.0709 e. The van der Waals surface area contributed by atoms with Crippen LogP contribution >= 0.6 is 0 Å². The van der Waals surface area contributed by atoms with Crippen molar-refractivity contribution in [3.63, 3.8) is 0 Å². The molecule has 2 aliphatic heterocycles. The van der Waals surface area contributed by atoms with Crippen LogP contribution in [-0.4, -0.2) is 28.8 Å². The van der Waals surface area contributed by atoms with Crippen molar-refractivity contribution in [1.29, 1.82) is 0 Å². The molecular formula is C15H18N4. The highest BCUT2D eigenvalue weighted by Crippen LogP contribution is 2.20. The van der Waals surface area contributed by atoms with E-state index in [0.29, 0.717) is 0 Å². The fraction of sp³-hybridized carbons (Fsp3) is 0.333. The Morgan fingerprint density at radius 1 is 1.37 bits per heavy atom. The Bertz CT molecular complexity index is 549. The van der Waals surface area contributed by atoms with Crippen molar-refractivity contribution in [3.8, 4) is 0 Å². The quantitative estimate of drug-likeness (QED) is 0.879. The van der Waals surface area contributed by atoms with E-state index in [-0.39, 0.29) is 0 Å². The van der Waals surface area contributed by atoms with E-state index in [1.54, 1.807) is 0 Å². The van der Waals surface area contributed by atoms with Crippen LogP contribution in [-0.2, 0) is 0 Å². The zero-order valence-electron chi connectivity index (χ0n) is 11.1. The van der Waals surface area contributed by atoms with Gasteiger partial charge >= 0.3 is 0 Å².